The van der Waals surface area contributed by atoms with Gasteiger partial charge in [-0.2, -0.15) is 0 Å². The first-order valence-electron chi connectivity index (χ1n) is 9.13. The van der Waals surface area contributed by atoms with Crippen molar-refractivity contribution in [2.45, 2.75) is 39.1 Å². The molecule has 0 saturated carbocycles. The van der Waals surface area contributed by atoms with Crippen molar-refractivity contribution in [3.05, 3.63) is 58.7 Å². The number of hydrogen-bond acceptors (Lipinski definition) is 5. The smallest absolute Gasteiger partial charge is 0.410 e. The maximum absolute atomic E-state index is 12.0. The van der Waals surface area contributed by atoms with Gasteiger partial charge in [-0.25, -0.2) is 9.64 Å². The van der Waals surface area contributed by atoms with E-state index in [0.29, 0.717) is 41.0 Å². The summed E-state index contributed by atoms with van der Waals surface area (Å²) < 4.78 is 16.9. The van der Waals surface area contributed by atoms with Crippen LogP contribution in [0.5, 0.6) is 11.5 Å². The summed E-state index contributed by atoms with van der Waals surface area (Å²) in [6.45, 7) is 13.9. The first kappa shape index (κ1) is 20.7. The molecule has 1 aromatic heterocycles. The first-order valence-corrected chi connectivity index (χ1v) is 9.50. The van der Waals surface area contributed by atoms with Crippen LogP contribution in [0.15, 0.2) is 36.5 Å². The van der Waals surface area contributed by atoms with E-state index in [1.54, 1.807) is 41.4 Å². The van der Waals surface area contributed by atoms with Crippen molar-refractivity contribution in [1.29, 1.82) is 0 Å². The van der Waals surface area contributed by atoms with Gasteiger partial charge in [0.05, 0.1) is 25.4 Å². The molecule has 1 aliphatic rings. The molecule has 1 aliphatic heterocycles. The second-order valence-electron chi connectivity index (χ2n) is 7.62. The van der Waals surface area contributed by atoms with Gasteiger partial charge in [0.15, 0.2) is 0 Å². The topological polar surface area (TPSA) is 65.2 Å². The first-order chi connectivity index (χ1) is 13.7. The maximum Gasteiger partial charge on any atom is 0.410 e. The van der Waals surface area contributed by atoms with Crippen molar-refractivity contribution in [1.82, 2.24) is 9.88 Å². The molecule has 0 aliphatic carbocycles. The monoisotopic (exact) mass is 415 g/mol. The third kappa shape index (κ3) is 5.75. The van der Waals surface area contributed by atoms with Crippen LogP contribution in [0.2, 0.25) is 5.02 Å². The summed E-state index contributed by atoms with van der Waals surface area (Å²) in [5, 5.41) is 0.484. The summed E-state index contributed by atoms with van der Waals surface area (Å²) in [6.07, 6.45) is 1.21. The highest BCUT2D eigenvalue weighted by Crippen LogP contribution is 2.31. The minimum Gasteiger partial charge on any atom is -0.498 e. The Kier molecular flexibility index (Phi) is 6.14. The Labute approximate surface area is 175 Å². The SMILES string of the molecule is [C-]#[N+]c1cc(Cl)ccc1OCc1cc(OC2CN(C(=O)OC(C)(C)C)C2)ccn1. The molecule has 8 heteroatoms. The summed E-state index contributed by atoms with van der Waals surface area (Å²) in [6, 6.07) is 8.43. The summed E-state index contributed by atoms with van der Waals surface area (Å²) >= 11 is 5.90. The minimum absolute atomic E-state index is 0.0938. The number of pyridine rings is 1. The molecule has 0 N–H and O–H groups in total. The van der Waals surface area contributed by atoms with Crippen molar-refractivity contribution < 1.29 is 19.0 Å². The largest absolute Gasteiger partial charge is 0.498 e. The van der Waals surface area contributed by atoms with Crippen molar-refractivity contribution in [2.75, 3.05) is 13.1 Å². The second kappa shape index (κ2) is 8.58. The molecule has 3 rings (SSSR count). The molecular formula is C21H22ClN3O4. The van der Waals surface area contributed by atoms with Crippen LogP contribution in [0, 0.1) is 6.57 Å². The Balaban J connectivity index is 1.52. The lowest BCUT2D eigenvalue weighted by atomic mass is 10.1. The van der Waals surface area contributed by atoms with E-state index in [9.17, 15) is 4.79 Å². The van der Waals surface area contributed by atoms with Gasteiger partial charge in [-0.15, -0.1) is 0 Å². The highest BCUT2D eigenvalue weighted by molar-refractivity contribution is 6.30. The van der Waals surface area contributed by atoms with Crippen LogP contribution < -0.4 is 9.47 Å². The molecule has 1 aromatic carbocycles. The lowest BCUT2D eigenvalue weighted by Crippen LogP contribution is -2.57. The van der Waals surface area contributed by atoms with E-state index in [1.807, 2.05) is 20.8 Å². The van der Waals surface area contributed by atoms with E-state index >= 15 is 0 Å². The number of hydrogen-bond donors (Lipinski definition) is 0. The summed E-state index contributed by atoms with van der Waals surface area (Å²) in [4.78, 5) is 21.3. The number of halogens is 1. The Hall–Kier alpha value is -2.98. The van der Waals surface area contributed by atoms with Gasteiger partial charge >= 0.3 is 6.09 Å². The van der Waals surface area contributed by atoms with Crippen LogP contribution in [0.3, 0.4) is 0 Å². The number of benzene rings is 1. The van der Waals surface area contributed by atoms with E-state index in [2.05, 4.69) is 9.83 Å². The number of rotatable bonds is 5. The van der Waals surface area contributed by atoms with E-state index < -0.39 is 5.60 Å². The molecule has 0 bridgehead atoms. The minimum atomic E-state index is -0.514. The molecule has 1 amide bonds. The lowest BCUT2D eigenvalue weighted by Gasteiger charge is -2.39. The molecule has 152 valence electrons. The van der Waals surface area contributed by atoms with Gasteiger partial charge in [0.2, 0.25) is 5.69 Å². The number of ether oxygens (including phenoxy) is 3. The highest BCUT2D eigenvalue weighted by Gasteiger charge is 2.35. The lowest BCUT2D eigenvalue weighted by molar-refractivity contribution is -0.0222. The molecule has 0 spiro atoms. The maximum atomic E-state index is 12.0. The van der Waals surface area contributed by atoms with Crippen LogP contribution in [-0.2, 0) is 11.3 Å². The second-order valence-corrected chi connectivity index (χ2v) is 8.06. The number of aromatic nitrogens is 1. The van der Waals surface area contributed by atoms with Crippen LogP contribution in [0.4, 0.5) is 10.5 Å². The molecular weight excluding hydrogens is 394 g/mol. The molecule has 0 unspecified atom stereocenters. The molecule has 2 heterocycles. The quantitative estimate of drug-likeness (QED) is 0.652. The Bertz CT molecular complexity index is 930. The number of amides is 1. The molecule has 2 aromatic rings. The number of nitrogens with zero attached hydrogens (tertiary/aromatic N) is 3. The van der Waals surface area contributed by atoms with Crippen molar-refractivity contribution in [3.8, 4) is 11.5 Å². The van der Waals surface area contributed by atoms with Crippen molar-refractivity contribution in [2.24, 2.45) is 0 Å². The zero-order valence-corrected chi connectivity index (χ0v) is 17.3. The predicted molar refractivity (Wildman–Crippen MR) is 109 cm³/mol. The average molecular weight is 416 g/mol. The Morgan fingerprint density at radius 3 is 2.76 bits per heavy atom. The van der Waals surface area contributed by atoms with E-state index in [0.717, 1.165) is 0 Å². The van der Waals surface area contributed by atoms with Crippen molar-refractivity contribution >= 4 is 23.4 Å². The van der Waals surface area contributed by atoms with E-state index in [1.165, 1.54) is 0 Å². The van der Waals surface area contributed by atoms with E-state index in [4.69, 9.17) is 32.4 Å². The fourth-order valence-corrected chi connectivity index (χ4v) is 2.81. The summed E-state index contributed by atoms with van der Waals surface area (Å²) in [5.74, 6) is 1.10. The molecule has 7 nitrogen and oxygen atoms in total. The van der Waals surface area contributed by atoms with Gasteiger partial charge < -0.3 is 19.1 Å². The molecule has 0 radical (unpaired) electrons. The molecule has 29 heavy (non-hydrogen) atoms. The zero-order chi connectivity index (χ0) is 21.0. The molecule has 1 saturated heterocycles. The number of likely N-dealkylation sites (tertiary alicyclic amines) is 1. The van der Waals surface area contributed by atoms with Gasteiger partial charge in [-0.05, 0) is 45.0 Å². The average Bonchev–Trinajstić information content (AvgIpc) is 2.62. The highest BCUT2D eigenvalue weighted by atomic mass is 35.5. The van der Waals surface area contributed by atoms with Gasteiger partial charge in [0, 0.05) is 17.3 Å². The molecule has 0 atom stereocenters. The standard InChI is InChI=1S/C21H22ClN3O4/c1-21(2,3)29-20(26)25-11-17(12-25)28-16-7-8-24-15(10-16)13-27-19-6-5-14(22)9-18(19)23-4/h5-10,17H,11-13H2,1-3H3. The Morgan fingerprint density at radius 1 is 1.31 bits per heavy atom. The van der Waals surface area contributed by atoms with Crippen LogP contribution in [0.1, 0.15) is 26.5 Å². The number of carbonyl (C=O) groups excluding carboxylic acids is 1. The normalized spacial score (nSPS) is 14.0. The van der Waals surface area contributed by atoms with Gasteiger partial charge in [0.1, 0.15) is 29.8 Å². The third-order valence-electron chi connectivity index (χ3n) is 4.01. The van der Waals surface area contributed by atoms with Crippen molar-refractivity contribution in [3.63, 3.8) is 0 Å². The van der Waals surface area contributed by atoms with Crippen LogP contribution >= 0.6 is 11.6 Å². The zero-order valence-electron chi connectivity index (χ0n) is 16.5. The third-order valence-corrected chi connectivity index (χ3v) is 4.24. The van der Waals surface area contributed by atoms with E-state index in [-0.39, 0.29) is 18.8 Å². The fraction of sp³-hybridized carbons (Fsp3) is 0.381. The molecule has 1 fully saturated rings. The van der Waals surface area contributed by atoms with Crippen LogP contribution in [0.25, 0.3) is 4.85 Å². The predicted octanol–water partition coefficient (Wildman–Crippen LogP) is 4.86. The fourth-order valence-electron chi connectivity index (χ4n) is 2.64. The number of carbonyl (C=O) groups is 1. The summed E-state index contributed by atoms with van der Waals surface area (Å²) in [7, 11) is 0. The van der Waals surface area contributed by atoms with Crippen LogP contribution in [-0.4, -0.2) is 40.8 Å². The van der Waals surface area contributed by atoms with Gasteiger partial charge in [-0.3, -0.25) is 4.98 Å². The van der Waals surface area contributed by atoms with Gasteiger partial charge in [0.25, 0.3) is 0 Å². The Morgan fingerprint density at radius 2 is 2.07 bits per heavy atom. The van der Waals surface area contributed by atoms with Gasteiger partial charge in [-0.1, -0.05) is 11.6 Å². The summed E-state index contributed by atoms with van der Waals surface area (Å²) in [5.41, 5.74) is 0.499.